The molecule has 5 heteroatoms. The van der Waals surface area contributed by atoms with Crippen molar-refractivity contribution in [2.24, 2.45) is 0 Å². The lowest BCUT2D eigenvalue weighted by atomic mass is 10.0. The lowest BCUT2D eigenvalue weighted by molar-refractivity contribution is -0.136. The highest BCUT2D eigenvalue weighted by Gasteiger charge is 2.20. The molecule has 0 aliphatic rings. The number of ketones is 1. The van der Waals surface area contributed by atoms with Crippen LogP contribution >= 0.6 is 11.6 Å². The van der Waals surface area contributed by atoms with Gasteiger partial charge < -0.3 is 10.1 Å². The van der Waals surface area contributed by atoms with Crippen molar-refractivity contribution in [2.45, 2.75) is 6.42 Å². The van der Waals surface area contributed by atoms with Crippen molar-refractivity contribution in [3.05, 3.63) is 70.4 Å². The highest BCUT2D eigenvalue weighted by atomic mass is 35.5. The van der Waals surface area contributed by atoms with E-state index >= 15 is 0 Å². The Morgan fingerprint density at radius 2 is 1.73 bits per heavy atom. The largest absolute Gasteiger partial charge is 0.481 e. The SMILES string of the molecule is O=C(O)Cc1c(C(=O)c2ccc(Cl)cc2)[nH]c2ccccc12. The Kier molecular flexibility index (Phi) is 3.69. The molecule has 0 radical (unpaired) electrons. The topological polar surface area (TPSA) is 70.2 Å². The zero-order valence-corrected chi connectivity index (χ0v) is 12.2. The van der Waals surface area contributed by atoms with Crippen LogP contribution in [0, 0.1) is 0 Å². The van der Waals surface area contributed by atoms with Crippen molar-refractivity contribution >= 4 is 34.3 Å². The molecule has 0 bridgehead atoms. The number of carboxylic acids is 1. The van der Waals surface area contributed by atoms with Crippen LogP contribution in [0.15, 0.2) is 48.5 Å². The van der Waals surface area contributed by atoms with Crippen molar-refractivity contribution in [3.8, 4) is 0 Å². The lowest BCUT2D eigenvalue weighted by Gasteiger charge is -2.03. The number of rotatable bonds is 4. The number of nitrogens with one attached hydrogen (secondary N) is 1. The summed E-state index contributed by atoms with van der Waals surface area (Å²) in [5.41, 5.74) is 2.02. The number of halogens is 1. The Morgan fingerprint density at radius 3 is 2.41 bits per heavy atom. The van der Waals surface area contributed by atoms with E-state index in [1.165, 1.54) is 0 Å². The molecule has 3 aromatic rings. The Bertz CT molecular complexity index is 865. The van der Waals surface area contributed by atoms with Crippen LogP contribution in [0.3, 0.4) is 0 Å². The van der Waals surface area contributed by atoms with Crippen LogP contribution in [-0.4, -0.2) is 21.8 Å². The number of para-hydroxylation sites is 1. The first-order chi connectivity index (χ1) is 10.6. The molecule has 0 aliphatic carbocycles. The molecular formula is C17H12ClNO3. The van der Waals surface area contributed by atoms with Crippen LogP contribution in [-0.2, 0) is 11.2 Å². The Labute approximate surface area is 131 Å². The summed E-state index contributed by atoms with van der Waals surface area (Å²) in [5.74, 6) is -1.22. The van der Waals surface area contributed by atoms with Gasteiger partial charge in [0.15, 0.2) is 0 Å². The quantitative estimate of drug-likeness (QED) is 0.722. The van der Waals surface area contributed by atoms with E-state index in [0.717, 1.165) is 10.9 Å². The summed E-state index contributed by atoms with van der Waals surface area (Å²) >= 11 is 5.83. The van der Waals surface area contributed by atoms with Gasteiger partial charge in [0.25, 0.3) is 0 Å². The molecule has 0 saturated heterocycles. The van der Waals surface area contributed by atoms with E-state index in [1.54, 1.807) is 24.3 Å². The first kappa shape index (κ1) is 14.4. The van der Waals surface area contributed by atoms with Crippen LogP contribution in [0.4, 0.5) is 0 Å². The molecule has 0 fully saturated rings. The van der Waals surface area contributed by atoms with Crippen molar-refractivity contribution in [3.63, 3.8) is 0 Å². The summed E-state index contributed by atoms with van der Waals surface area (Å²) < 4.78 is 0. The van der Waals surface area contributed by atoms with Crippen LogP contribution < -0.4 is 0 Å². The minimum Gasteiger partial charge on any atom is -0.481 e. The number of carbonyl (C=O) groups excluding carboxylic acids is 1. The molecule has 2 N–H and O–H groups in total. The second-order valence-electron chi connectivity index (χ2n) is 4.93. The van der Waals surface area contributed by atoms with Gasteiger partial charge in [0.1, 0.15) is 0 Å². The molecule has 0 atom stereocenters. The Morgan fingerprint density at radius 1 is 1.05 bits per heavy atom. The van der Waals surface area contributed by atoms with Gasteiger partial charge in [0.2, 0.25) is 5.78 Å². The summed E-state index contributed by atoms with van der Waals surface area (Å²) in [7, 11) is 0. The smallest absolute Gasteiger partial charge is 0.307 e. The number of aliphatic carboxylic acids is 1. The number of H-pyrrole nitrogens is 1. The standard InChI is InChI=1S/C17H12ClNO3/c18-11-7-5-10(6-8-11)17(22)16-13(9-15(20)21)12-3-1-2-4-14(12)19-16/h1-8,19H,9H2,(H,20,21). The third-order valence-electron chi connectivity index (χ3n) is 3.48. The second-order valence-corrected chi connectivity index (χ2v) is 5.37. The maximum Gasteiger partial charge on any atom is 0.307 e. The highest BCUT2D eigenvalue weighted by molar-refractivity contribution is 6.30. The number of benzene rings is 2. The predicted molar refractivity (Wildman–Crippen MR) is 84.5 cm³/mol. The first-order valence-electron chi connectivity index (χ1n) is 6.68. The summed E-state index contributed by atoms with van der Waals surface area (Å²) in [5, 5.41) is 10.4. The Hall–Kier alpha value is -2.59. The van der Waals surface area contributed by atoms with E-state index in [0.29, 0.717) is 21.8 Å². The second kappa shape index (κ2) is 5.66. The number of carbonyl (C=O) groups is 2. The van der Waals surface area contributed by atoms with Gasteiger partial charge >= 0.3 is 5.97 Å². The maximum atomic E-state index is 12.7. The van der Waals surface area contributed by atoms with E-state index in [-0.39, 0.29) is 12.2 Å². The fourth-order valence-corrected chi connectivity index (χ4v) is 2.60. The molecular weight excluding hydrogens is 302 g/mol. The summed E-state index contributed by atoms with van der Waals surface area (Å²) in [6.45, 7) is 0. The lowest BCUT2D eigenvalue weighted by Crippen LogP contribution is -2.08. The van der Waals surface area contributed by atoms with Crippen molar-refractivity contribution in [1.82, 2.24) is 4.98 Å². The number of hydrogen-bond acceptors (Lipinski definition) is 2. The van der Waals surface area contributed by atoms with Crippen molar-refractivity contribution in [2.75, 3.05) is 0 Å². The third-order valence-corrected chi connectivity index (χ3v) is 3.73. The molecule has 0 unspecified atom stereocenters. The molecule has 1 aromatic heterocycles. The summed E-state index contributed by atoms with van der Waals surface area (Å²) in [6, 6.07) is 13.8. The normalized spacial score (nSPS) is 10.8. The average Bonchev–Trinajstić information content (AvgIpc) is 2.86. The predicted octanol–water partition coefficient (Wildman–Crippen LogP) is 3.68. The van der Waals surface area contributed by atoms with Gasteiger partial charge in [0.05, 0.1) is 12.1 Å². The van der Waals surface area contributed by atoms with E-state index < -0.39 is 5.97 Å². The number of fused-ring (bicyclic) bond motifs is 1. The van der Waals surface area contributed by atoms with E-state index in [4.69, 9.17) is 16.7 Å². The van der Waals surface area contributed by atoms with Gasteiger partial charge in [-0.15, -0.1) is 0 Å². The van der Waals surface area contributed by atoms with Gasteiger partial charge in [-0.05, 0) is 30.3 Å². The molecule has 2 aromatic carbocycles. The van der Waals surface area contributed by atoms with E-state index in [9.17, 15) is 9.59 Å². The van der Waals surface area contributed by atoms with Gasteiger partial charge in [-0.25, -0.2) is 0 Å². The molecule has 0 aliphatic heterocycles. The minimum absolute atomic E-state index is 0.210. The number of carboxylic acid groups (broad SMARTS) is 1. The molecule has 0 amide bonds. The van der Waals surface area contributed by atoms with Crippen LogP contribution in [0.25, 0.3) is 10.9 Å². The minimum atomic E-state index is -0.977. The summed E-state index contributed by atoms with van der Waals surface area (Å²) in [6.07, 6.45) is -0.210. The fourth-order valence-electron chi connectivity index (χ4n) is 2.47. The molecule has 110 valence electrons. The molecule has 4 nitrogen and oxygen atoms in total. The van der Waals surface area contributed by atoms with Gasteiger partial charge in [-0.2, -0.15) is 0 Å². The number of hydrogen-bond donors (Lipinski definition) is 2. The highest BCUT2D eigenvalue weighted by Crippen LogP contribution is 2.25. The zero-order chi connectivity index (χ0) is 15.7. The molecule has 0 spiro atoms. The molecule has 1 heterocycles. The number of aromatic amines is 1. The average molecular weight is 314 g/mol. The van der Waals surface area contributed by atoms with Gasteiger partial charge in [-0.3, -0.25) is 9.59 Å². The molecule has 22 heavy (non-hydrogen) atoms. The zero-order valence-electron chi connectivity index (χ0n) is 11.5. The third kappa shape index (κ3) is 2.61. The Balaban J connectivity index is 2.14. The van der Waals surface area contributed by atoms with Gasteiger partial charge in [-0.1, -0.05) is 29.8 Å². The van der Waals surface area contributed by atoms with E-state index in [2.05, 4.69) is 4.98 Å². The molecule has 0 saturated carbocycles. The van der Waals surface area contributed by atoms with Crippen LogP contribution in [0.5, 0.6) is 0 Å². The van der Waals surface area contributed by atoms with Crippen LogP contribution in [0.1, 0.15) is 21.6 Å². The van der Waals surface area contributed by atoms with Crippen LogP contribution in [0.2, 0.25) is 5.02 Å². The first-order valence-corrected chi connectivity index (χ1v) is 7.05. The molecule has 3 rings (SSSR count). The fraction of sp³-hybridized carbons (Fsp3) is 0.0588. The van der Waals surface area contributed by atoms with Crippen molar-refractivity contribution in [1.29, 1.82) is 0 Å². The number of aromatic nitrogens is 1. The van der Waals surface area contributed by atoms with Crippen molar-refractivity contribution < 1.29 is 14.7 Å². The summed E-state index contributed by atoms with van der Waals surface area (Å²) in [4.78, 5) is 26.8. The van der Waals surface area contributed by atoms with E-state index in [1.807, 2.05) is 24.3 Å². The van der Waals surface area contributed by atoms with Gasteiger partial charge in [0, 0.05) is 27.1 Å². The maximum absolute atomic E-state index is 12.7. The monoisotopic (exact) mass is 313 g/mol.